The van der Waals surface area contributed by atoms with E-state index < -0.39 is 0 Å². The SMILES string of the molecule is c1ccc(CNc2cc(-c3ccccc3)[o+]c3ccccc23)cc1. The van der Waals surface area contributed by atoms with Crippen molar-refractivity contribution < 1.29 is 4.42 Å². The summed E-state index contributed by atoms with van der Waals surface area (Å²) in [6, 6.07) is 30.8. The Hall–Kier alpha value is -3.13. The number of hydrogen-bond donors (Lipinski definition) is 1. The van der Waals surface area contributed by atoms with E-state index in [1.807, 2.05) is 42.5 Å². The van der Waals surface area contributed by atoms with Crippen LogP contribution in [0.15, 0.2) is 95.4 Å². The number of nitrogens with one attached hydrogen (secondary N) is 1. The molecule has 0 saturated heterocycles. The molecular formula is C22H18NO+. The van der Waals surface area contributed by atoms with Gasteiger partial charge >= 0.3 is 11.3 Å². The first kappa shape index (κ1) is 14.5. The zero-order valence-corrected chi connectivity index (χ0v) is 13.3. The van der Waals surface area contributed by atoms with Crippen LogP contribution in [0.4, 0.5) is 5.69 Å². The molecule has 4 aromatic rings. The minimum atomic E-state index is 0.781. The molecule has 1 N–H and O–H groups in total. The number of anilines is 1. The summed E-state index contributed by atoms with van der Waals surface area (Å²) in [5.41, 5.74) is 4.30. The van der Waals surface area contributed by atoms with E-state index in [4.69, 9.17) is 4.42 Å². The Morgan fingerprint density at radius 2 is 1.38 bits per heavy atom. The number of benzene rings is 3. The molecule has 0 aliphatic heterocycles. The van der Waals surface area contributed by atoms with E-state index in [2.05, 4.69) is 53.8 Å². The van der Waals surface area contributed by atoms with Gasteiger partial charge in [0.1, 0.15) is 5.39 Å². The third-order valence-electron chi connectivity index (χ3n) is 4.06. The smallest absolute Gasteiger partial charge is 0.362 e. The monoisotopic (exact) mass is 312 g/mol. The van der Waals surface area contributed by atoms with Gasteiger partial charge in [-0.2, -0.15) is 0 Å². The van der Waals surface area contributed by atoms with Crippen LogP contribution in [0.1, 0.15) is 5.56 Å². The van der Waals surface area contributed by atoms with Crippen molar-refractivity contribution in [1.82, 2.24) is 0 Å². The molecule has 0 radical (unpaired) electrons. The van der Waals surface area contributed by atoms with Gasteiger partial charge in [-0.05, 0) is 23.8 Å². The maximum Gasteiger partial charge on any atom is 0.362 e. The predicted octanol–water partition coefficient (Wildman–Crippen LogP) is 5.99. The molecule has 1 heterocycles. The summed E-state index contributed by atoms with van der Waals surface area (Å²) in [6.07, 6.45) is 0. The van der Waals surface area contributed by atoms with Crippen molar-refractivity contribution in [3.8, 4) is 11.3 Å². The highest BCUT2D eigenvalue weighted by atomic mass is 16.3. The van der Waals surface area contributed by atoms with Crippen molar-refractivity contribution in [2.24, 2.45) is 0 Å². The number of rotatable bonds is 4. The summed E-state index contributed by atoms with van der Waals surface area (Å²) in [6.45, 7) is 0.781. The molecule has 0 amide bonds. The van der Waals surface area contributed by atoms with Crippen molar-refractivity contribution in [2.75, 3.05) is 5.32 Å². The Morgan fingerprint density at radius 1 is 0.708 bits per heavy atom. The first-order valence-corrected chi connectivity index (χ1v) is 8.09. The van der Waals surface area contributed by atoms with E-state index >= 15 is 0 Å². The standard InChI is InChI=1S/C22H18NO/c1-3-9-17(10-4-1)16-23-20-15-22(18-11-5-2-6-12-18)24-21-14-8-7-13-19(20)21/h1-15,23H,16H2/q+1. The highest BCUT2D eigenvalue weighted by Gasteiger charge is 2.18. The van der Waals surface area contributed by atoms with Gasteiger partial charge in [-0.15, -0.1) is 0 Å². The van der Waals surface area contributed by atoms with Crippen molar-refractivity contribution >= 4 is 16.7 Å². The van der Waals surface area contributed by atoms with Crippen molar-refractivity contribution in [1.29, 1.82) is 0 Å². The van der Waals surface area contributed by atoms with Crippen LogP contribution in [0.3, 0.4) is 0 Å². The molecule has 0 bridgehead atoms. The molecule has 2 nitrogen and oxygen atoms in total. The zero-order chi connectivity index (χ0) is 16.2. The summed E-state index contributed by atoms with van der Waals surface area (Å²) in [5.74, 6) is 0.866. The average Bonchev–Trinajstić information content (AvgIpc) is 2.67. The molecule has 24 heavy (non-hydrogen) atoms. The second-order valence-electron chi connectivity index (χ2n) is 5.73. The Bertz CT molecular complexity index is 949. The van der Waals surface area contributed by atoms with Crippen LogP contribution < -0.4 is 5.32 Å². The van der Waals surface area contributed by atoms with E-state index in [1.165, 1.54) is 5.56 Å². The van der Waals surface area contributed by atoms with E-state index in [0.717, 1.165) is 34.5 Å². The lowest BCUT2D eigenvalue weighted by molar-refractivity contribution is 0.620. The molecule has 116 valence electrons. The van der Waals surface area contributed by atoms with Gasteiger partial charge in [-0.3, -0.25) is 0 Å². The van der Waals surface area contributed by atoms with Crippen LogP contribution in [-0.4, -0.2) is 0 Å². The van der Waals surface area contributed by atoms with Gasteiger partial charge in [0.15, 0.2) is 0 Å². The van der Waals surface area contributed by atoms with Crippen LogP contribution in [0, 0.1) is 0 Å². The summed E-state index contributed by atoms with van der Waals surface area (Å²) >= 11 is 0. The Labute approximate surface area is 141 Å². The Balaban J connectivity index is 1.75. The van der Waals surface area contributed by atoms with Gasteiger partial charge in [0.2, 0.25) is 0 Å². The first-order valence-electron chi connectivity index (χ1n) is 8.09. The fraction of sp³-hybridized carbons (Fsp3) is 0.0455. The van der Waals surface area contributed by atoms with Gasteiger partial charge in [0, 0.05) is 12.6 Å². The molecule has 2 heteroatoms. The van der Waals surface area contributed by atoms with E-state index in [9.17, 15) is 0 Å². The highest BCUT2D eigenvalue weighted by molar-refractivity contribution is 5.91. The molecule has 0 spiro atoms. The highest BCUT2D eigenvalue weighted by Crippen LogP contribution is 2.31. The van der Waals surface area contributed by atoms with Crippen molar-refractivity contribution in [2.45, 2.75) is 6.54 Å². The van der Waals surface area contributed by atoms with Gasteiger partial charge < -0.3 is 5.32 Å². The molecule has 4 rings (SSSR count). The van der Waals surface area contributed by atoms with Gasteiger partial charge in [0.05, 0.1) is 17.3 Å². The fourth-order valence-electron chi connectivity index (χ4n) is 2.82. The zero-order valence-electron chi connectivity index (χ0n) is 13.3. The van der Waals surface area contributed by atoms with E-state index in [1.54, 1.807) is 0 Å². The van der Waals surface area contributed by atoms with E-state index in [-0.39, 0.29) is 0 Å². The third-order valence-corrected chi connectivity index (χ3v) is 4.06. The first-order chi connectivity index (χ1) is 11.9. The van der Waals surface area contributed by atoms with E-state index in [0.29, 0.717) is 0 Å². The molecular weight excluding hydrogens is 294 g/mol. The molecule has 1 aromatic heterocycles. The minimum Gasteiger partial charge on any atom is -0.380 e. The molecule has 0 atom stereocenters. The second kappa shape index (κ2) is 6.55. The topological polar surface area (TPSA) is 23.3 Å². The second-order valence-corrected chi connectivity index (χ2v) is 5.73. The lowest BCUT2D eigenvalue weighted by Crippen LogP contribution is -2.00. The average molecular weight is 312 g/mol. The van der Waals surface area contributed by atoms with Crippen LogP contribution in [0.5, 0.6) is 0 Å². The summed E-state index contributed by atoms with van der Waals surface area (Å²) in [5, 5.41) is 4.64. The number of fused-ring (bicyclic) bond motifs is 1. The maximum absolute atomic E-state index is 6.10. The summed E-state index contributed by atoms with van der Waals surface area (Å²) in [7, 11) is 0. The van der Waals surface area contributed by atoms with Crippen LogP contribution >= 0.6 is 0 Å². The lowest BCUT2D eigenvalue weighted by Gasteiger charge is -2.07. The molecule has 3 aromatic carbocycles. The quantitative estimate of drug-likeness (QED) is 0.468. The molecule has 0 aliphatic carbocycles. The molecule has 0 aliphatic rings. The minimum absolute atomic E-state index is 0.781. The van der Waals surface area contributed by atoms with Gasteiger partial charge in [0.25, 0.3) is 0 Å². The molecule has 0 fully saturated rings. The van der Waals surface area contributed by atoms with Crippen LogP contribution in [0.2, 0.25) is 0 Å². The Morgan fingerprint density at radius 3 is 2.17 bits per heavy atom. The fourth-order valence-corrected chi connectivity index (χ4v) is 2.82. The Kier molecular flexibility index (Phi) is 3.95. The van der Waals surface area contributed by atoms with Crippen molar-refractivity contribution in [3.05, 3.63) is 96.6 Å². The maximum atomic E-state index is 6.10. The summed E-state index contributed by atoms with van der Waals surface area (Å²) in [4.78, 5) is 0. The lowest BCUT2D eigenvalue weighted by atomic mass is 10.1. The number of hydrogen-bond acceptors (Lipinski definition) is 1. The van der Waals surface area contributed by atoms with Gasteiger partial charge in [-0.1, -0.05) is 60.7 Å². The van der Waals surface area contributed by atoms with Gasteiger partial charge in [-0.25, -0.2) is 4.42 Å². The van der Waals surface area contributed by atoms with Crippen LogP contribution in [-0.2, 0) is 6.54 Å². The molecule has 0 saturated carbocycles. The normalized spacial score (nSPS) is 10.7. The largest absolute Gasteiger partial charge is 0.380 e. The van der Waals surface area contributed by atoms with Crippen LogP contribution in [0.25, 0.3) is 22.3 Å². The molecule has 0 unspecified atom stereocenters. The summed E-state index contributed by atoms with van der Waals surface area (Å²) < 4.78 is 6.10. The number of para-hydroxylation sites is 1. The third kappa shape index (κ3) is 2.99. The predicted molar refractivity (Wildman–Crippen MR) is 99.8 cm³/mol. The van der Waals surface area contributed by atoms with Crippen molar-refractivity contribution in [3.63, 3.8) is 0 Å².